The van der Waals surface area contributed by atoms with Gasteiger partial charge in [0, 0.05) is 5.38 Å². The van der Waals surface area contributed by atoms with E-state index in [1.807, 2.05) is 0 Å². The zero-order valence-corrected chi connectivity index (χ0v) is 10.8. The van der Waals surface area contributed by atoms with E-state index in [9.17, 15) is 17.4 Å². The van der Waals surface area contributed by atoms with Gasteiger partial charge in [-0.3, -0.25) is 4.21 Å². The molecule has 0 amide bonds. The third kappa shape index (κ3) is 2.81. The van der Waals surface area contributed by atoms with Gasteiger partial charge in [-0.1, -0.05) is 0 Å². The molecule has 0 aliphatic heterocycles. The molecule has 0 saturated carbocycles. The van der Waals surface area contributed by atoms with E-state index < -0.39 is 22.7 Å². The highest BCUT2D eigenvalue weighted by atomic mass is 32.2. The molecule has 3 nitrogen and oxygen atoms in total. The van der Waals surface area contributed by atoms with Crippen LogP contribution in [0.3, 0.4) is 0 Å². The summed E-state index contributed by atoms with van der Waals surface area (Å²) in [6.45, 7) is 1.65. The van der Waals surface area contributed by atoms with Gasteiger partial charge in [0.1, 0.15) is 10.8 Å². The topological polar surface area (TPSA) is 43.1 Å². The van der Waals surface area contributed by atoms with Crippen LogP contribution in [0.2, 0.25) is 0 Å². The number of thiazole rings is 1. The molecule has 2 aromatic rings. The predicted octanol–water partition coefficient (Wildman–Crippen LogP) is 3.37. The first-order valence-corrected chi connectivity index (χ1v) is 7.02. The van der Waals surface area contributed by atoms with Gasteiger partial charge in [-0.05, 0) is 13.0 Å². The first kappa shape index (κ1) is 13.3. The van der Waals surface area contributed by atoms with Gasteiger partial charge >= 0.3 is 6.18 Å². The summed E-state index contributed by atoms with van der Waals surface area (Å²) in [5.41, 5.74) is -0.941. The van der Waals surface area contributed by atoms with E-state index in [1.54, 1.807) is 13.0 Å². The molecule has 0 bridgehead atoms. The van der Waals surface area contributed by atoms with Crippen molar-refractivity contribution in [3.63, 3.8) is 0 Å². The monoisotopic (exact) mass is 295 g/mol. The largest absolute Gasteiger partial charge is 0.468 e. The second-order valence-corrected chi connectivity index (χ2v) is 5.82. The minimum Gasteiger partial charge on any atom is -0.468 e. The number of hydrogen-bond donors (Lipinski definition) is 0. The first-order valence-electron chi connectivity index (χ1n) is 4.82. The Morgan fingerprint density at radius 1 is 1.50 bits per heavy atom. The van der Waals surface area contributed by atoms with Crippen molar-refractivity contribution >= 4 is 22.1 Å². The van der Waals surface area contributed by atoms with E-state index in [0.717, 1.165) is 16.7 Å². The number of rotatable bonds is 3. The molecule has 1 atom stereocenters. The van der Waals surface area contributed by atoms with Crippen LogP contribution < -0.4 is 0 Å². The third-order valence-electron chi connectivity index (χ3n) is 2.15. The zero-order chi connectivity index (χ0) is 13.3. The highest BCUT2D eigenvalue weighted by Crippen LogP contribution is 2.30. The smallest absolute Gasteiger partial charge is 0.434 e. The van der Waals surface area contributed by atoms with Crippen LogP contribution >= 0.6 is 11.3 Å². The van der Waals surface area contributed by atoms with Crippen LogP contribution in [-0.4, -0.2) is 9.19 Å². The van der Waals surface area contributed by atoms with E-state index in [-0.39, 0.29) is 10.8 Å². The Morgan fingerprint density at radius 3 is 2.72 bits per heavy atom. The maximum Gasteiger partial charge on any atom is 0.434 e. The molecule has 18 heavy (non-hydrogen) atoms. The number of halogens is 3. The molecule has 2 heterocycles. The van der Waals surface area contributed by atoms with Crippen LogP contribution in [0.1, 0.15) is 16.5 Å². The molecule has 0 fully saturated rings. The van der Waals surface area contributed by atoms with Crippen molar-refractivity contribution in [1.82, 2.24) is 4.98 Å². The van der Waals surface area contributed by atoms with Crippen LogP contribution in [0.5, 0.6) is 0 Å². The third-order valence-corrected chi connectivity index (χ3v) is 4.63. The Kier molecular flexibility index (Phi) is 3.58. The number of hydrogen-bond acceptors (Lipinski definition) is 4. The van der Waals surface area contributed by atoms with Crippen molar-refractivity contribution in [3.05, 3.63) is 34.2 Å². The van der Waals surface area contributed by atoms with E-state index >= 15 is 0 Å². The molecule has 98 valence electrons. The molecular formula is C10H8F3NO2S2. The lowest BCUT2D eigenvalue weighted by atomic mass is 10.5. The molecule has 0 N–H and O–H groups in total. The van der Waals surface area contributed by atoms with E-state index in [4.69, 9.17) is 4.42 Å². The summed E-state index contributed by atoms with van der Waals surface area (Å²) in [6, 6.07) is 1.55. The minimum absolute atomic E-state index is 0.0406. The summed E-state index contributed by atoms with van der Waals surface area (Å²) in [4.78, 5) is 3.92. The number of furan rings is 1. The van der Waals surface area contributed by atoms with Gasteiger partial charge in [0.2, 0.25) is 0 Å². The maximum atomic E-state index is 12.3. The van der Waals surface area contributed by atoms with Gasteiger partial charge in [0.15, 0.2) is 5.69 Å². The highest BCUT2D eigenvalue weighted by molar-refractivity contribution is 7.84. The van der Waals surface area contributed by atoms with Crippen molar-refractivity contribution < 1.29 is 21.8 Å². The molecule has 2 aromatic heterocycles. The summed E-state index contributed by atoms with van der Waals surface area (Å²) < 4.78 is 53.9. The Morgan fingerprint density at radius 2 is 2.22 bits per heavy atom. The fraction of sp³-hybridized carbons (Fsp3) is 0.300. The molecule has 1 unspecified atom stereocenters. The van der Waals surface area contributed by atoms with Crippen LogP contribution in [-0.2, 0) is 22.7 Å². The molecule has 0 aliphatic rings. The van der Waals surface area contributed by atoms with Crippen molar-refractivity contribution in [2.24, 2.45) is 0 Å². The maximum absolute atomic E-state index is 12.3. The van der Waals surface area contributed by atoms with Gasteiger partial charge in [-0.2, -0.15) is 13.2 Å². The number of aromatic nitrogens is 1. The lowest BCUT2D eigenvalue weighted by Gasteiger charge is -2.00. The highest BCUT2D eigenvalue weighted by Gasteiger charge is 2.33. The fourth-order valence-corrected chi connectivity index (χ4v) is 3.51. The van der Waals surface area contributed by atoms with Gasteiger partial charge in [0.25, 0.3) is 0 Å². The van der Waals surface area contributed by atoms with Gasteiger partial charge in [-0.25, -0.2) is 4.98 Å². The SMILES string of the molecule is Cc1occc1S(=O)Cc1nc(C(F)(F)F)cs1. The molecule has 0 saturated heterocycles. The quantitative estimate of drug-likeness (QED) is 0.872. The minimum atomic E-state index is -4.46. The second-order valence-electron chi connectivity index (χ2n) is 3.46. The van der Waals surface area contributed by atoms with Crippen molar-refractivity contribution in [2.45, 2.75) is 23.7 Å². The molecule has 0 radical (unpaired) electrons. The summed E-state index contributed by atoms with van der Waals surface area (Å²) in [5, 5.41) is 1.12. The Hall–Kier alpha value is -1.15. The summed E-state index contributed by atoms with van der Waals surface area (Å²) >= 11 is 0.853. The number of aryl methyl sites for hydroxylation is 1. The molecular weight excluding hydrogens is 287 g/mol. The van der Waals surface area contributed by atoms with Crippen LogP contribution in [0.25, 0.3) is 0 Å². The normalized spacial score (nSPS) is 13.8. The molecule has 0 spiro atoms. The van der Waals surface area contributed by atoms with Crippen LogP contribution in [0.4, 0.5) is 13.2 Å². The Labute approximate surface area is 107 Å². The van der Waals surface area contributed by atoms with E-state index in [1.165, 1.54) is 6.26 Å². The van der Waals surface area contributed by atoms with Crippen molar-refractivity contribution in [3.8, 4) is 0 Å². The average Bonchev–Trinajstić information content (AvgIpc) is 2.85. The second kappa shape index (κ2) is 4.85. The fourth-order valence-electron chi connectivity index (χ4n) is 1.31. The van der Waals surface area contributed by atoms with Crippen molar-refractivity contribution in [1.29, 1.82) is 0 Å². The lowest BCUT2D eigenvalue weighted by Crippen LogP contribution is -2.06. The summed E-state index contributed by atoms with van der Waals surface area (Å²) in [6.07, 6.45) is -3.06. The van der Waals surface area contributed by atoms with Gasteiger partial charge in [0.05, 0.1) is 27.7 Å². The first-order chi connectivity index (χ1) is 8.38. The van der Waals surface area contributed by atoms with Crippen LogP contribution in [0, 0.1) is 6.92 Å². The van der Waals surface area contributed by atoms with Crippen LogP contribution in [0.15, 0.2) is 27.0 Å². The average molecular weight is 295 g/mol. The Balaban J connectivity index is 2.13. The van der Waals surface area contributed by atoms with Gasteiger partial charge in [-0.15, -0.1) is 11.3 Å². The number of alkyl halides is 3. The molecule has 8 heteroatoms. The van der Waals surface area contributed by atoms with E-state index in [0.29, 0.717) is 10.7 Å². The Bertz CT molecular complexity index is 574. The lowest BCUT2D eigenvalue weighted by molar-refractivity contribution is -0.140. The van der Waals surface area contributed by atoms with Gasteiger partial charge < -0.3 is 4.42 Å². The molecule has 0 aromatic carbocycles. The number of nitrogens with zero attached hydrogens (tertiary/aromatic N) is 1. The molecule has 2 rings (SSSR count). The standard InChI is InChI=1S/C10H8F3NO2S2/c1-6-7(2-3-16-6)18(15)5-9-14-8(4-17-9)10(11,12)13/h2-4H,5H2,1H3. The summed E-state index contributed by atoms with van der Waals surface area (Å²) in [7, 11) is -1.44. The van der Waals surface area contributed by atoms with Crippen molar-refractivity contribution in [2.75, 3.05) is 0 Å². The molecule has 0 aliphatic carbocycles. The summed E-state index contributed by atoms with van der Waals surface area (Å²) in [5.74, 6) is 0.460. The van der Waals surface area contributed by atoms with E-state index in [2.05, 4.69) is 4.98 Å². The zero-order valence-electron chi connectivity index (χ0n) is 9.15. The predicted molar refractivity (Wildman–Crippen MR) is 60.7 cm³/mol.